The van der Waals surface area contributed by atoms with E-state index in [0.29, 0.717) is 24.3 Å². The van der Waals surface area contributed by atoms with Gasteiger partial charge in [0.15, 0.2) is 0 Å². The van der Waals surface area contributed by atoms with Crippen LogP contribution in [-0.4, -0.2) is 32.1 Å². The second kappa shape index (κ2) is 8.29. The zero-order chi connectivity index (χ0) is 15.0. The molecule has 110 valence electrons. The monoisotopic (exact) mass is 279 g/mol. The summed E-state index contributed by atoms with van der Waals surface area (Å²) >= 11 is 0. The van der Waals surface area contributed by atoms with Crippen molar-refractivity contribution in [1.82, 2.24) is 0 Å². The molecule has 0 aromatic heterocycles. The van der Waals surface area contributed by atoms with E-state index in [1.165, 1.54) is 7.11 Å². The van der Waals surface area contributed by atoms with Crippen molar-refractivity contribution < 1.29 is 14.3 Å². The van der Waals surface area contributed by atoms with Gasteiger partial charge >= 0.3 is 0 Å². The molecule has 0 fully saturated rings. The van der Waals surface area contributed by atoms with Gasteiger partial charge in [-0.2, -0.15) is 0 Å². The van der Waals surface area contributed by atoms with Crippen LogP contribution in [0.1, 0.15) is 13.3 Å². The zero-order valence-electron chi connectivity index (χ0n) is 11.8. The molecular weight excluding hydrogens is 258 g/mol. The van der Waals surface area contributed by atoms with E-state index in [0.717, 1.165) is 0 Å². The number of hydrogen-bond donors (Lipinski definition) is 3. The predicted octanol–water partition coefficient (Wildman–Crippen LogP) is 1.19. The smallest absolute Gasteiger partial charge is 0.250 e. The number of hydrogen-bond acceptors (Lipinski definition) is 4. The number of methoxy groups -OCH3 is 1. The van der Waals surface area contributed by atoms with Crippen LogP contribution >= 0.6 is 0 Å². The molecular formula is C14H21N3O3. The molecule has 0 spiro atoms. The molecule has 0 bridgehead atoms. The number of anilines is 2. The maximum atomic E-state index is 11.7. The number of benzene rings is 1. The van der Waals surface area contributed by atoms with E-state index in [1.54, 1.807) is 24.3 Å². The number of carbonyl (C=O) groups excluding carboxylic acids is 2. The van der Waals surface area contributed by atoms with Gasteiger partial charge < -0.3 is 21.1 Å². The fraction of sp³-hybridized carbons (Fsp3) is 0.429. The second-order valence-electron chi connectivity index (χ2n) is 4.65. The third-order valence-corrected chi connectivity index (χ3v) is 2.66. The lowest BCUT2D eigenvalue weighted by molar-refractivity contribution is -0.119. The van der Waals surface area contributed by atoms with Gasteiger partial charge in [0.2, 0.25) is 11.8 Å². The van der Waals surface area contributed by atoms with E-state index < -0.39 is 0 Å². The highest BCUT2D eigenvalue weighted by Crippen LogP contribution is 2.14. The first kappa shape index (κ1) is 16.1. The Hall–Kier alpha value is -1.92. The van der Waals surface area contributed by atoms with Crippen LogP contribution in [-0.2, 0) is 14.3 Å². The van der Waals surface area contributed by atoms with Crippen molar-refractivity contribution in [3.63, 3.8) is 0 Å². The largest absolute Gasteiger partial charge is 0.375 e. The molecule has 1 atom stereocenters. The van der Waals surface area contributed by atoms with E-state index in [1.807, 2.05) is 6.92 Å². The van der Waals surface area contributed by atoms with Crippen LogP contribution in [0.5, 0.6) is 0 Å². The van der Waals surface area contributed by atoms with Gasteiger partial charge in [-0.15, -0.1) is 0 Å². The highest BCUT2D eigenvalue weighted by Gasteiger charge is 2.08. The quantitative estimate of drug-likeness (QED) is 0.699. The Kier molecular flexibility index (Phi) is 6.69. The van der Waals surface area contributed by atoms with E-state index >= 15 is 0 Å². The molecule has 1 unspecified atom stereocenters. The van der Waals surface area contributed by atoms with E-state index in [4.69, 9.17) is 10.5 Å². The molecule has 0 aliphatic heterocycles. The van der Waals surface area contributed by atoms with Gasteiger partial charge in [-0.25, -0.2) is 0 Å². The summed E-state index contributed by atoms with van der Waals surface area (Å²) in [4.78, 5) is 23.0. The van der Waals surface area contributed by atoms with Crippen molar-refractivity contribution in [3.8, 4) is 0 Å². The third kappa shape index (κ3) is 5.81. The fourth-order valence-electron chi connectivity index (χ4n) is 1.58. The van der Waals surface area contributed by atoms with Crippen molar-refractivity contribution in [2.75, 3.05) is 30.9 Å². The molecule has 0 radical (unpaired) electrons. The Bertz CT molecular complexity index is 445. The van der Waals surface area contributed by atoms with Crippen LogP contribution in [0.15, 0.2) is 24.3 Å². The average molecular weight is 279 g/mol. The predicted molar refractivity (Wildman–Crippen MR) is 78.4 cm³/mol. The summed E-state index contributed by atoms with van der Waals surface area (Å²) in [6.07, 6.45) is 0.392. The Morgan fingerprint density at radius 2 is 1.65 bits per heavy atom. The van der Waals surface area contributed by atoms with Crippen molar-refractivity contribution in [3.05, 3.63) is 24.3 Å². The molecule has 0 aliphatic rings. The molecule has 6 nitrogen and oxygen atoms in total. The molecule has 4 N–H and O–H groups in total. The van der Waals surface area contributed by atoms with E-state index in [2.05, 4.69) is 10.6 Å². The van der Waals surface area contributed by atoms with Gasteiger partial charge in [0, 0.05) is 24.9 Å². The number of carbonyl (C=O) groups is 2. The van der Waals surface area contributed by atoms with Crippen molar-refractivity contribution >= 4 is 23.2 Å². The average Bonchev–Trinajstić information content (AvgIpc) is 2.41. The summed E-state index contributed by atoms with van der Waals surface area (Å²) in [6, 6.07) is 6.89. The van der Waals surface area contributed by atoms with Crippen LogP contribution < -0.4 is 16.4 Å². The van der Waals surface area contributed by atoms with Gasteiger partial charge in [0.25, 0.3) is 0 Å². The number of nitrogens with one attached hydrogen (secondary N) is 2. The third-order valence-electron chi connectivity index (χ3n) is 2.66. The van der Waals surface area contributed by atoms with Crippen molar-refractivity contribution in [2.45, 2.75) is 13.3 Å². The van der Waals surface area contributed by atoms with Gasteiger partial charge in [0.1, 0.15) is 6.61 Å². The first-order valence-electron chi connectivity index (χ1n) is 6.44. The topological polar surface area (TPSA) is 93.5 Å². The molecule has 0 saturated carbocycles. The molecule has 0 aliphatic carbocycles. The molecule has 1 aromatic rings. The number of ether oxygens (including phenoxy) is 1. The molecule has 6 heteroatoms. The first-order valence-corrected chi connectivity index (χ1v) is 6.44. The molecule has 2 amide bonds. The summed E-state index contributed by atoms with van der Waals surface area (Å²) in [5.41, 5.74) is 6.81. The highest BCUT2D eigenvalue weighted by atomic mass is 16.5. The number of amides is 2. The summed E-state index contributed by atoms with van der Waals surface area (Å²) in [6.45, 7) is 2.42. The molecule has 20 heavy (non-hydrogen) atoms. The Labute approximate surface area is 118 Å². The summed E-state index contributed by atoms with van der Waals surface area (Å²) in [7, 11) is 1.46. The summed E-state index contributed by atoms with van der Waals surface area (Å²) < 4.78 is 4.72. The SMILES string of the molecule is COCC(=O)Nc1ccc(NC(=O)CC(C)CN)cc1. The maximum Gasteiger partial charge on any atom is 0.250 e. The van der Waals surface area contributed by atoms with Crippen molar-refractivity contribution in [2.24, 2.45) is 11.7 Å². The van der Waals surface area contributed by atoms with Crippen LogP contribution in [0.2, 0.25) is 0 Å². The summed E-state index contributed by atoms with van der Waals surface area (Å²) in [5.74, 6) is -0.136. The fourth-order valence-corrected chi connectivity index (χ4v) is 1.58. The normalized spacial score (nSPS) is 11.8. The summed E-state index contributed by atoms with van der Waals surface area (Å²) in [5, 5.41) is 5.45. The van der Waals surface area contributed by atoms with Crippen LogP contribution in [0.4, 0.5) is 11.4 Å². The molecule has 0 heterocycles. The minimum Gasteiger partial charge on any atom is -0.375 e. The van der Waals surface area contributed by atoms with Gasteiger partial charge in [-0.05, 0) is 36.7 Å². The van der Waals surface area contributed by atoms with Gasteiger partial charge in [-0.3, -0.25) is 9.59 Å². The first-order chi connectivity index (χ1) is 9.55. The van der Waals surface area contributed by atoms with Gasteiger partial charge in [-0.1, -0.05) is 6.92 Å². The zero-order valence-corrected chi connectivity index (χ0v) is 11.8. The Morgan fingerprint density at radius 3 is 2.10 bits per heavy atom. The molecule has 0 saturated heterocycles. The molecule has 1 aromatic carbocycles. The lowest BCUT2D eigenvalue weighted by Crippen LogP contribution is -2.20. The lowest BCUT2D eigenvalue weighted by Gasteiger charge is -2.10. The van der Waals surface area contributed by atoms with E-state index in [9.17, 15) is 9.59 Å². The Morgan fingerprint density at radius 1 is 1.15 bits per heavy atom. The number of nitrogens with two attached hydrogens (primary N) is 1. The Balaban J connectivity index is 2.50. The minimum absolute atomic E-state index is 0.00939. The van der Waals surface area contributed by atoms with Crippen LogP contribution in [0.3, 0.4) is 0 Å². The maximum absolute atomic E-state index is 11.7. The highest BCUT2D eigenvalue weighted by molar-refractivity contribution is 5.93. The standard InChI is InChI=1S/C14H21N3O3/c1-10(8-15)7-13(18)16-11-3-5-12(6-4-11)17-14(19)9-20-2/h3-6,10H,7-9,15H2,1-2H3,(H,16,18)(H,17,19). The lowest BCUT2D eigenvalue weighted by atomic mass is 10.1. The van der Waals surface area contributed by atoms with Crippen molar-refractivity contribution in [1.29, 1.82) is 0 Å². The van der Waals surface area contributed by atoms with Gasteiger partial charge in [0.05, 0.1) is 0 Å². The minimum atomic E-state index is -0.221. The van der Waals surface area contributed by atoms with Crippen LogP contribution in [0, 0.1) is 5.92 Å². The second-order valence-corrected chi connectivity index (χ2v) is 4.65. The van der Waals surface area contributed by atoms with Crippen LogP contribution in [0.25, 0.3) is 0 Å². The number of rotatable bonds is 7. The molecule has 1 rings (SSSR count). The van der Waals surface area contributed by atoms with E-state index in [-0.39, 0.29) is 24.3 Å².